The fraction of sp³-hybridized carbons (Fsp3) is 0.611. The van der Waals surface area contributed by atoms with Crippen molar-refractivity contribution in [1.29, 1.82) is 0 Å². The second kappa shape index (κ2) is 11.0. The summed E-state index contributed by atoms with van der Waals surface area (Å²) in [7, 11) is -2.90. The van der Waals surface area contributed by atoms with Crippen molar-refractivity contribution < 1.29 is 13.2 Å². The highest BCUT2D eigenvalue weighted by Gasteiger charge is 2.28. The molecule has 1 aromatic carbocycles. The van der Waals surface area contributed by atoms with Gasteiger partial charge in [-0.3, -0.25) is 0 Å². The van der Waals surface area contributed by atoms with Crippen molar-refractivity contribution in [3.8, 4) is 5.75 Å². The number of guanidine groups is 1. The van der Waals surface area contributed by atoms with Crippen LogP contribution in [0.1, 0.15) is 38.7 Å². The molecule has 26 heavy (non-hydrogen) atoms. The molecule has 1 aliphatic heterocycles. The largest absolute Gasteiger partial charge is 0.491 e. The van der Waals surface area contributed by atoms with Crippen LogP contribution in [-0.2, 0) is 9.84 Å². The quantitative estimate of drug-likeness (QED) is 0.263. The number of aliphatic imine (C=N–C) groups is 1. The summed E-state index contributed by atoms with van der Waals surface area (Å²) >= 11 is 0. The lowest BCUT2D eigenvalue weighted by Crippen LogP contribution is -2.44. The third-order valence-corrected chi connectivity index (χ3v) is 5.85. The molecule has 0 radical (unpaired) electrons. The van der Waals surface area contributed by atoms with E-state index in [4.69, 9.17) is 4.74 Å². The molecule has 0 bridgehead atoms. The minimum atomic E-state index is -2.90. The van der Waals surface area contributed by atoms with E-state index in [0.29, 0.717) is 31.4 Å². The zero-order valence-electron chi connectivity index (χ0n) is 15.7. The first-order chi connectivity index (χ1) is 11.9. The van der Waals surface area contributed by atoms with Gasteiger partial charge in [0.15, 0.2) is 15.8 Å². The van der Waals surface area contributed by atoms with E-state index in [1.54, 1.807) is 0 Å². The number of nitrogens with zero attached hydrogens (tertiary/aromatic N) is 1. The van der Waals surface area contributed by atoms with Crippen LogP contribution in [0.4, 0.5) is 0 Å². The van der Waals surface area contributed by atoms with Gasteiger partial charge in [0.2, 0.25) is 0 Å². The molecule has 148 valence electrons. The van der Waals surface area contributed by atoms with Crippen LogP contribution in [0.5, 0.6) is 5.75 Å². The van der Waals surface area contributed by atoms with Gasteiger partial charge in [0.05, 0.1) is 18.1 Å². The first-order valence-corrected chi connectivity index (χ1v) is 10.7. The second-order valence-electron chi connectivity index (χ2n) is 6.55. The van der Waals surface area contributed by atoms with Gasteiger partial charge in [-0.25, -0.2) is 13.4 Å². The van der Waals surface area contributed by atoms with Gasteiger partial charge in [0.25, 0.3) is 0 Å². The molecule has 0 saturated carbocycles. The molecule has 1 heterocycles. The average Bonchev–Trinajstić information content (AvgIpc) is 2.90. The number of ether oxygens (including phenoxy) is 1. The number of halogens is 1. The minimum Gasteiger partial charge on any atom is -0.491 e. The molecule has 1 atom stereocenters. The molecule has 0 spiro atoms. The summed E-state index contributed by atoms with van der Waals surface area (Å²) in [6.07, 6.45) is 0.630. The third-order valence-electron chi connectivity index (χ3n) is 4.08. The first-order valence-electron chi connectivity index (χ1n) is 8.88. The minimum absolute atomic E-state index is 0. The van der Waals surface area contributed by atoms with Gasteiger partial charge in [-0.2, -0.15) is 0 Å². The molecule has 1 fully saturated rings. The molecular formula is C18H30IN3O3S. The molecule has 2 N–H and O–H groups in total. The van der Waals surface area contributed by atoms with Crippen LogP contribution >= 0.6 is 24.0 Å². The predicted octanol–water partition coefficient (Wildman–Crippen LogP) is 2.55. The van der Waals surface area contributed by atoms with Crippen LogP contribution in [0.25, 0.3) is 0 Å². The number of sulfone groups is 1. The average molecular weight is 495 g/mol. The van der Waals surface area contributed by atoms with Crippen LogP contribution in [0.3, 0.4) is 0 Å². The van der Waals surface area contributed by atoms with Crippen LogP contribution in [0, 0.1) is 0 Å². The molecule has 1 saturated heterocycles. The SMILES string of the molecule is CCNC(=NCCOc1ccccc1C(C)C)NC1CCS(=O)(=O)C1.I. The van der Waals surface area contributed by atoms with E-state index in [2.05, 4.69) is 35.5 Å². The Morgan fingerprint density at radius 2 is 2.08 bits per heavy atom. The van der Waals surface area contributed by atoms with Crippen molar-refractivity contribution in [1.82, 2.24) is 10.6 Å². The molecular weight excluding hydrogens is 465 g/mol. The molecule has 1 unspecified atom stereocenters. The Labute approximate surface area is 174 Å². The number of para-hydroxylation sites is 1. The lowest BCUT2D eigenvalue weighted by Gasteiger charge is -2.16. The van der Waals surface area contributed by atoms with Crippen molar-refractivity contribution in [3.05, 3.63) is 29.8 Å². The standard InChI is InChI=1S/C18H29N3O3S.HI/c1-4-19-18(21-15-9-12-25(22,23)13-15)20-10-11-24-17-8-6-5-7-16(17)14(2)3;/h5-8,14-15H,4,9-13H2,1-3H3,(H2,19,20,21);1H. The van der Waals surface area contributed by atoms with Crippen LogP contribution < -0.4 is 15.4 Å². The van der Waals surface area contributed by atoms with Gasteiger partial charge in [-0.1, -0.05) is 32.0 Å². The molecule has 2 rings (SSSR count). The summed E-state index contributed by atoms with van der Waals surface area (Å²) in [5.41, 5.74) is 1.19. The lowest BCUT2D eigenvalue weighted by molar-refractivity contribution is 0.323. The van der Waals surface area contributed by atoms with Crippen molar-refractivity contribution >= 4 is 39.8 Å². The van der Waals surface area contributed by atoms with Crippen molar-refractivity contribution in [3.63, 3.8) is 0 Å². The summed E-state index contributed by atoms with van der Waals surface area (Å²) in [5, 5.41) is 6.36. The van der Waals surface area contributed by atoms with E-state index in [1.165, 1.54) is 5.56 Å². The smallest absolute Gasteiger partial charge is 0.191 e. The predicted molar refractivity (Wildman–Crippen MR) is 118 cm³/mol. The number of rotatable bonds is 7. The highest BCUT2D eigenvalue weighted by molar-refractivity contribution is 14.0. The van der Waals surface area contributed by atoms with Crippen molar-refractivity contribution in [2.45, 2.75) is 39.2 Å². The normalized spacial score (nSPS) is 19.1. The zero-order valence-corrected chi connectivity index (χ0v) is 18.8. The summed E-state index contributed by atoms with van der Waals surface area (Å²) < 4.78 is 29.0. The molecule has 0 amide bonds. The van der Waals surface area contributed by atoms with Gasteiger partial charge in [-0.15, -0.1) is 24.0 Å². The van der Waals surface area contributed by atoms with Crippen LogP contribution in [0.15, 0.2) is 29.3 Å². The Morgan fingerprint density at radius 3 is 2.69 bits per heavy atom. The number of hydrogen-bond acceptors (Lipinski definition) is 4. The summed E-state index contributed by atoms with van der Waals surface area (Å²) in [6, 6.07) is 7.98. The maximum Gasteiger partial charge on any atom is 0.191 e. The van der Waals surface area contributed by atoms with E-state index in [-0.39, 0.29) is 41.5 Å². The Morgan fingerprint density at radius 1 is 1.35 bits per heavy atom. The monoisotopic (exact) mass is 495 g/mol. The topological polar surface area (TPSA) is 79.8 Å². The molecule has 8 heteroatoms. The molecule has 1 aromatic rings. The van der Waals surface area contributed by atoms with E-state index in [9.17, 15) is 8.42 Å². The van der Waals surface area contributed by atoms with E-state index < -0.39 is 9.84 Å². The van der Waals surface area contributed by atoms with Crippen LogP contribution in [-0.4, -0.2) is 51.6 Å². The number of hydrogen-bond donors (Lipinski definition) is 2. The molecule has 0 aromatic heterocycles. The summed E-state index contributed by atoms with van der Waals surface area (Å²) in [5.74, 6) is 2.37. The number of nitrogens with one attached hydrogen (secondary N) is 2. The highest BCUT2D eigenvalue weighted by atomic mass is 127. The van der Waals surface area contributed by atoms with Gasteiger partial charge >= 0.3 is 0 Å². The first kappa shape index (κ1) is 23.0. The van der Waals surface area contributed by atoms with Gasteiger partial charge in [0.1, 0.15) is 12.4 Å². The second-order valence-corrected chi connectivity index (χ2v) is 8.77. The maximum absolute atomic E-state index is 11.6. The third kappa shape index (κ3) is 7.30. The van der Waals surface area contributed by atoms with Crippen LogP contribution in [0.2, 0.25) is 0 Å². The van der Waals surface area contributed by atoms with Crippen molar-refractivity contribution in [2.75, 3.05) is 31.2 Å². The molecule has 0 aliphatic carbocycles. The summed E-state index contributed by atoms with van der Waals surface area (Å²) in [4.78, 5) is 4.49. The zero-order chi connectivity index (χ0) is 18.3. The fourth-order valence-electron chi connectivity index (χ4n) is 2.82. The Kier molecular flexibility index (Phi) is 9.70. The van der Waals surface area contributed by atoms with Gasteiger partial charge in [-0.05, 0) is 30.9 Å². The Bertz CT molecular complexity index is 693. The fourth-order valence-corrected chi connectivity index (χ4v) is 4.50. The van der Waals surface area contributed by atoms with E-state index >= 15 is 0 Å². The number of benzene rings is 1. The Hall–Kier alpha value is -1.03. The summed E-state index contributed by atoms with van der Waals surface area (Å²) in [6.45, 7) is 7.97. The maximum atomic E-state index is 11.6. The lowest BCUT2D eigenvalue weighted by atomic mass is 10.0. The molecule has 1 aliphatic rings. The van der Waals surface area contributed by atoms with E-state index in [0.717, 1.165) is 12.3 Å². The van der Waals surface area contributed by atoms with Gasteiger partial charge < -0.3 is 15.4 Å². The Balaban J connectivity index is 0.00000338. The van der Waals surface area contributed by atoms with Crippen molar-refractivity contribution in [2.24, 2.45) is 4.99 Å². The van der Waals surface area contributed by atoms with E-state index in [1.807, 2.05) is 25.1 Å². The highest BCUT2D eigenvalue weighted by Crippen LogP contribution is 2.25. The van der Waals surface area contributed by atoms with Gasteiger partial charge in [0, 0.05) is 12.6 Å². The molecule has 6 nitrogen and oxygen atoms in total.